The van der Waals surface area contributed by atoms with Crippen LogP contribution in [0.25, 0.3) is 10.9 Å². The zero-order chi connectivity index (χ0) is 20.7. The Kier molecular flexibility index (Phi) is 4.88. The average Bonchev–Trinajstić information content (AvgIpc) is 3.18. The Balaban J connectivity index is 1.46. The van der Waals surface area contributed by atoms with E-state index in [1.54, 1.807) is 0 Å². The third kappa shape index (κ3) is 3.13. The highest BCUT2D eigenvalue weighted by molar-refractivity contribution is 5.88. The van der Waals surface area contributed by atoms with Crippen LogP contribution in [0.5, 0.6) is 0 Å². The molecule has 1 saturated heterocycles. The smallest absolute Gasteiger partial charge is 0.313 e. The van der Waals surface area contributed by atoms with Crippen molar-refractivity contribution in [1.82, 2.24) is 9.88 Å². The Hall–Kier alpha value is -2.63. The van der Waals surface area contributed by atoms with Gasteiger partial charge in [-0.1, -0.05) is 42.5 Å². The molecule has 1 aromatic heterocycles. The molecule has 0 radical (unpaired) electrons. The topological polar surface area (TPSA) is 71.3 Å². The van der Waals surface area contributed by atoms with E-state index in [0.29, 0.717) is 38.1 Å². The molecule has 3 atom stereocenters. The largest absolute Gasteiger partial charge is 0.460 e. The monoisotopic (exact) mass is 403 g/mol. The molecule has 156 valence electrons. The summed E-state index contributed by atoms with van der Waals surface area (Å²) < 4.78 is 5.85. The number of esters is 1. The van der Waals surface area contributed by atoms with E-state index >= 15 is 0 Å². The van der Waals surface area contributed by atoms with Crippen LogP contribution in [0, 0.1) is 5.41 Å². The normalized spacial score (nSPS) is 25.8. The number of nitrogens with zero attached hydrogens (tertiary/aromatic N) is 1. The van der Waals surface area contributed by atoms with Crippen LogP contribution in [0.4, 0.5) is 0 Å². The summed E-state index contributed by atoms with van der Waals surface area (Å²) in [5.41, 5.74) is 10.4. The number of carbonyl (C=O) groups excluding carboxylic acids is 1. The van der Waals surface area contributed by atoms with Gasteiger partial charge < -0.3 is 20.4 Å². The van der Waals surface area contributed by atoms with Gasteiger partial charge in [0.1, 0.15) is 6.61 Å². The minimum atomic E-state index is -0.574. The summed E-state index contributed by atoms with van der Waals surface area (Å²) in [6.45, 7) is 1.47. The highest BCUT2D eigenvalue weighted by atomic mass is 16.5. The fourth-order valence-corrected chi connectivity index (χ4v) is 5.70. The molecule has 30 heavy (non-hydrogen) atoms. The number of hydrogen-bond acceptors (Lipinski definition) is 4. The zero-order valence-corrected chi connectivity index (χ0v) is 17.4. The van der Waals surface area contributed by atoms with E-state index in [2.05, 4.69) is 41.3 Å². The maximum Gasteiger partial charge on any atom is 0.313 e. The van der Waals surface area contributed by atoms with Gasteiger partial charge in [0.25, 0.3) is 0 Å². The van der Waals surface area contributed by atoms with Crippen molar-refractivity contribution in [2.75, 3.05) is 20.1 Å². The predicted molar refractivity (Wildman–Crippen MR) is 118 cm³/mol. The molecule has 1 unspecified atom stereocenters. The number of carbonyl (C=O) groups is 1. The number of benzene rings is 2. The molecule has 2 aliphatic rings. The first-order valence-corrected chi connectivity index (χ1v) is 10.8. The fraction of sp³-hybridized carbons (Fsp3) is 0.400. The first-order valence-electron chi connectivity index (χ1n) is 10.8. The number of likely N-dealkylation sites (N-methyl/N-ethyl adjacent to an activating group) is 1. The maximum absolute atomic E-state index is 13.4. The van der Waals surface area contributed by atoms with Crippen molar-refractivity contribution in [2.45, 2.75) is 37.8 Å². The van der Waals surface area contributed by atoms with E-state index in [9.17, 15) is 4.79 Å². The number of nitrogens with two attached hydrogens (primary N) is 1. The second-order valence-corrected chi connectivity index (χ2v) is 8.96. The molecule has 0 spiro atoms. The van der Waals surface area contributed by atoms with Gasteiger partial charge in [-0.15, -0.1) is 0 Å². The SMILES string of the molecule is CN1CC(CCN)(C(=O)OCc2ccccc2)C[C@@H]2c3cccc4[nH]cc(c34)C[C@H]21. The molecule has 0 amide bonds. The van der Waals surface area contributed by atoms with E-state index in [-0.39, 0.29) is 5.97 Å². The summed E-state index contributed by atoms with van der Waals surface area (Å²) in [5.74, 6) is 0.181. The number of rotatable bonds is 5. The van der Waals surface area contributed by atoms with Gasteiger partial charge in [-0.2, -0.15) is 0 Å². The summed E-state index contributed by atoms with van der Waals surface area (Å²) in [4.78, 5) is 19.2. The third-order valence-electron chi connectivity index (χ3n) is 7.11. The van der Waals surface area contributed by atoms with Gasteiger partial charge in [-0.05, 0) is 55.6 Å². The Bertz CT molecular complexity index is 1060. The summed E-state index contributed by atoms with van der Waals surface area (Å²) in [7, 11) is 2.14. The Labute approximate surface area is 177 Å². The summed E-state index contributed by atoms with van der Waals surface area (Å²) in [6.07, 6.45) is 4.59. The van der Waals surface area contributed by atoms with Gasteiger partial charge in [-0.25, -0.2) is 0 Å². The Morgan fingerprint density at radius 1 is 1.23 bits per heavy atom. The second-order valence-electron chi connectivity index (χ2n) is 8.96. The van der Waals surface area contributed by atoms with Crippen molar-refractivity contribution in [1.29, 1.82) is 0 Å². The molecule has 1 fully saturated rings. The van der Waals surface area contributed by atoms with Crippen molar-refractivity contribution in [3.8, 4) is 0 Å². The number of aromatic nitrogens is 1. The van der Waals surface area contributed by atoms with Crippen molar-refractivity contribution in [3.05, 3.63) is 71.4 Å². The number of piperidine rings is 1. The lowest BCUT2D eigenvalue weighted by Crippen LogP contribution is -2.56. The highest BCUT2D eigenvalue weighted by Gasteiger charge is 2.50. The zero-order valence-electron chi connectivity index (χ0n) is 17.4. The quantitative estimate of drug-likeness (QED) is 0.639. The minimum Gasteiger partial charge on any atom is -0.460 e. The predicted octanol–water partition coefficient (Wildman–Crippen LogP) is 3.59. The number of likely N-dealkylation sites (tertiary alicyclic amines) is 1. The van der Waals surface area contributed by atoms with Crippen molar-refractivity contribution < 1.29 is 9.53 Å². The van der Waals surface area contributed by atoms with Gasteiger partial charge in [0.05, 0.1) is 5.41 Å². The van der Waals surface area contributed by atoms with Crippen LogP contribution in [0.1, 0.15) is 35.4 Å². The van der Waals surface area contributed by atoms with E-state index in [1.807, 2.05) is 30.3 Å². The number of hydrogen-bond donors (Lipinski definition) is 2. The van der Waals surface area contributed by atoms with Crippen molar-refractivity contribution in [3.63, 3.8) is 0 Å². The van der Waals surface area contributed by atoms with E-state index in [0.717, 1.165) is 18.4 Å². The molecular weight excluding hydrogens is 374 g/mol. The molecule has 1 aliphatic heterocycles. The summed E-state index contributed by atoms with van der Waals surface area (Å²) in [5, 5.41) is 1.34. The van der Waals surface area contributed by atoms with Crippen LogP contribution in [0.3, 0.4) is 0 Å². The average molecular weight is 404 g/mol. The molecule has 3 N–H and O–H groups in total. The van der Waals surface area contributed by atoms with Crippen LogP contribution >= 0.6 is 0 Å². The van der Waals surface area contributed by atoms with E-state index < -0.39 is 5.41 Å². The Morgan fingerprint density at radius 3 is 2.87 bits per heavy atom. The number of aromatic amines is 1. The van der Waals surface area contributed by atoms with Crippen LogP contribution in [-0.2, 0) is 22.6 Å². The highest BCUT2D eigenvalue weighted by Crippen LogP contribution is 2.49. The molecule has 5 nitrogen and oxygen atoms in total. The lowest BCUT2D eigenvalue weighted by Gasteiger charge is -2.50. The van der Waals surface area contributed by atoms with Gasteiger partial charge in [0, 0.05) is 35.6 Å². The molecular formula is C25H29N3O2. The molecule has 0 bridgehead atoms. The van der Waals surface area contributed by atoms with Gasteiger partial charge in [-0.3, -0.25) is 4.79 Å². The Morgan fingerprint density at radius 2 is 2.07 bits per heavy atom. The lowest BCUT2D eigenvalue weighted by molar-refractivity contribution is -0.163. The number of fused-ring (bicyclic) bond motifs is 2. The van der Waals surface area contributed by atoms with Crippen LogP contribution in [0.15, 0.2) is 54.7 Å². The lowest BCUT2D eigenvalue weighted by atomic mass is 9.65. The number of nitrogens with one attached hydrogen (secondary N) is 1. The third-order valence-corrected chi connectivity index (χ3v) is 7.11. The number of H-pyrrole nitrogens is 1. The fourth-order valence-electron chi connectivity index (χ4n) is 5.70. The van der Waals surface area contributed by atoms with Gasteiger partial charge in [0.2, 0.25) is 0 Å². The molecule has 5 heteroatoms. The molecule has 3 aromatic rings. The van der Waals surface area contributed by atoms with Crippen LogP contribution in [-0.4, -0.2) is 42.0 Å². The second kappa shape index (κ2) is 7.56. The standard InChI is InChI=1S/C25H29N3O2/c1-28-16-25(10-11-26,24(29)30-15-17-6-3-2-4-7-17)13-20-19-8-5-9-21-23(19)18(14-27-21)12-22(20)28/h2-9,14,20,22,27H,10-13,15-16,26H2,1H3/t20-,22-,25?/m1/s1. The first-order chi connectivity index (χ1) is 14.6. The summed E-state index contributed by atoms with van der Waals surface area (Å²) >= 11 is 0. The molecule has 0 saturated carbocycles. The van der Waals surface area contributed by atoms with Crippen LogP contribution in [0.2, 0.25) is 0 Å². The van der Waals surface area contributed by atoms with Gasteiger partial charge >= 0.3 is 5.97 Å². The molecule has 5 rings (SSSR count). The molecule has 1 aliphatic carbocycles. The maximum atomic E-state index is 13.4. The summed E-state index contributed by atoms with van der Waals surface area (Å²) in [6, 6.07) is 16.8. The van der Waals surface area contributed by atoms with Crippen molar-refractivity contribution in [2.24, 2.45) is 11.1 Å². The van der Waals surface area contributed by atoms with E-state index in [4.69, 9.17) is 10.5 Å². The minimum absolute atomic E-state index is 0.117. The number of ether oxygens (including phenoxy) is 1. The van der Waals surface area contributed by atoms with Crippen molar-refractivity contribution >= 4 is 16.9 Å². The first kappa shape index (κ1) is 19.3. The van der Waals surface area contributed by atoms with Gasteiger partial charge in [0.15, 0.2) is 0 Å². The molecule has 2 aromatic carbocycles. The van der Waals surface area contributed by atoms with Crippen LogP contribution < -0.4 is 5.73 Å². The van der Waals surface area contributed by atoms with E-state index in [1.165, 1.54) is 22.0 Å². The molecule has 2 heterocycles.